The summed E-state index contributed by atoms with van der Waals surface area (Å²) in [6, 6.07) is 0.182. The molecule has 0 saturated carbocycles. The van der Waals surface area contributed by atoms with Gasteiger partial charge < -0.3 is 19.1 Å². The van der Waals surface area contributed by atoms with Crippen LogP contribution in [0.4, 0.5) is 0 Å². The van der Waals surface area contributed by atoms with Crippen molar-refractivity contribution in [2.75, 3.05) is 41.1 Å². The van der Waals surface area contributed by atoms with Gasteiger partial charge in [-0.05, 0) is 6.92 Å². The van der Waals surface area contributed by atoms with Gasteiger partial charge in [-0.25, -0.2) is 4.79 Å². The molecule has 0 N–H and O–H groups in total. The van der Waals surface area contributed by atoms with Crippen LogP contribution in [0.2, 0.25) is 0 Å². The van der Waals surface area contributed by atoms with Gasteiger partial charge >= 0.3 is 5.97 Å². The first-order chi connectivity index (χ1) is 7.65. The highest BCUT2D eigenvalue weighted by Crippen LogP contribution is 2.01. The molecule has 0 spiro atoms. The molecule has 0 aliphatic rings. The van der Waals surface area contributed by atoms with Crippen LogP contribution in [-0.4, -0.2) is 58.0 Å². The van der Waals surface area contributed by atoms with Gasteiger partial charge in [0.25, 0.3) is 0 Å². The molecular weight excluding hydrogens is 210 g/mol. The second kappa shape index (κ2) is 9.18. The van der Waals surface area contributed by atoms with Crippen LogP contribution in [0, 0.1) is 0 Å². The minimum Gasteiger partial charge on any atom is -0.466 e. The maximum absolute atomic E-state index is 11.0. The molecule has 94 valence electrons. The zero-order valence-electron chi connectivity index (χ0n) is 10.4. The van der Waals surface area contributed by atoms with E-state index in [1.807, 2.05) is 11.8 Å². The minimum atomic E-state index is -0.368. The summed E-state index contributed by atoms with van der Waals surface area (Å²) < 4.78 is 14.6. The smallest absolute Gasteiger partial charge is 0.331 e. The Morgan fingerprint density at radius 3 is 2.50 bits per heavy atom. The number of esters is 1. The molecule has 0 aromatic rings. The normalized spacial score (nSPS) is 12.8. The monoisotopic (exact) mass is 231 g/mol. The van der Waals surface area contributed by atoms with Gasteiger partial charge in [0, 0.05) is 39.1 Å². The first-order valence-electron chi connectivity index (χ1n) is 5.15. The Bertz CT molecular complexity index is 218. The Balaban J connectivity index is 4.29. The van der Waals surface area contributed by atoms with Gasteiger partial charge in [-0.15, -0.1) is 0 Å². The number of hydrogen-bond acceptors (Lipinski definition) is 5. The highest BCUT2D eigenvalue weighted by molar-refractivity contribution is 5.81. The molecular formula is C11H21NO4. The number of carbonyl (C=O) groups excluding carboxylic acids is 1. The lowest BCUT2D eigenvalue weighted by Gasteiger charge is -2.26. The molecule has 0 fully saturated rings. The SMILES string of the molecule is COCCN(C=CC(=O)OC)C(C)COC. The van der Waals surface area contributed by atoms with Gasteiger partial charge in [-0.2, -0.15) is 0 Å². The van der Waals surface area contributed by atoms with Crippen LogP contribution in [0.25, 0.3) is 0 Å². The molecule has 5 nitrogen and oxygen atoms in total. The molecule has 0 saturated heterocycles. The summed E-state index contributed by atoms with van der Waals surface area (Å²) in [7, 11) is 4.64. The fourth-order valence-corrected chi connectivity index (χ4v) is 1.20. The van der Waals surface area contributed by atoms with Gasteiger partial charge in [0.2, 0.25) is 0 Å². The fourth-order valence-electron chi connectivity index (χ4n) is 1.20. The number of nitrogens with zero attached hydrogens (tertiary/aromatic N) is 1. The van der Waals surface area contributed by atoms with Crippen LogP contribution in [0.1, 0.15) is 6.92 Å². The van der Waals surface area contributed by atoms with Crippen molar-refractivity contribution in [2.45, 2.75) is 13.0 Å². The Labute approximate surface area is 97.0 Å². The summed E-state index contributed by atoms with van der Waals surface area (Å²) in [4.78, 5) is 12.9. The third kappa shape index (κ3) is 6.42. The quantitative estimate of drug-likeness (QED) is 0.453. The molecule has 1 atom stereocenters. The first-order valence-corrected chi connectivity index (χ1v) is 5.15. The standard InChI is InChI=1S/C11H21NO4/c1-10(9-15-3)12(7-8-14-2)6-5-11(13)16-4/h5-6,10H,7-9H2,1-4H3. The van der Waals surface area contributed by atoms with E-state index in [0.717, 1.165) is 0 Å². The Morgan fingerprint density at radius 2 is 2.00 bits per heavy atom. The van der Waals surface area contributed by atoms with Crippen molar-refractivity contribution in [3.05, 3.63) is 12.3 Å². The summed E-state index contributed by atoms with van der Waals surface area (Å²) >= 11 is 0. The van der Waals surface area contributed by atoms with Crippen LogP contribution in [0.5, 0.6) is 0 Å². The Morgan fingerprint density at radius 1 is 1.31 bits per heavy atom. The summed E-state index contributed by atoms with van der Waals surface area (Å²) in [6.45, 7) is 3.91. The van der Waals surface area contributed by atoms with E-state index in [9.17, 15) is 4.79 Å². The molecule has 0 aliphatic carbocycles. The summed E-state index contributed by atoms with van der Waals surface area (Å²) in [5.41, 5.74) is 0. The van der Waals surface area contributed by atoms with Crippen molar-refractivity contribution in [3.8, 4) is 0 Å². The van der Waals surface area contributed by atoms with E-state index in [4.69, 9.17) is 9.47 Å². The number of ether oxygens (including phenoxy) is 3. The molecule has 5 heteroatoms. The van der Waals surface area contributed by atoms with Crippen molar-refractivity contribution >= 4 is 5.97 Å². The summed E-state index contributed by atoms with van der Waals surface area (Å²) in [5.74, 6) is -0.368. The number of rotatable bonds is 8. The molecule has 0 rings (SSSR count). The zero-order valence-corrected chi connectivity index (χ0v) is 10.4. The van der Waals surface area contributed by atoms with Crippen molar-refractivity contribution in [3.63, 3.8) is 0 Å². The highest BCUT2D eigenvalue weighted by Gasteiger charge is 2.09. The Kier molecular flexibility index (Phi) is 8.56. The van der Waals surface area contributed by atoms with E-state index >= 15 is 0 Å². The van der Waals surface area contributed by atoms with Gasteiger partial charge in [0.15, 0.2) is 0 Å². The fraction of sp³-hybridized carbons (Fsp3) is 0.727. The van der Waals surface area contributed by atoms with Crippen LogP contribution in [-0.2, 0) is 19.0 Å². The van der Waals surface area contributed by atoms with Crippen LogP contribution in [0.15, 0.2) is 12.3 Å². The molecule has 0 aromatic carbocycles. The van der Waals surface area contributed by atoms with Crippen LogP contribution >= 0.6 is 0 Å². The van der Waals surface area contributed by atoms with E-state index in [1.165, 1.54) is 13.2 Å². The van der Waals surface area contributed by atoms with Crippen molar-refractivity contribution < 1.29 is 19.0 Å². The predicted octanol–water partition coefficient (Wildman–Crippen LogP) is 0.656. The van der Waals surface area contributed by atoms with Crippen molar-refractivity contribution in [2.24, 2.45) is 0 Å². The van der Waals surface area contributed by atoms with Gasteiger partial charge in [-0.3, -0.25) is 0 Å². The lowest BCUT2D eigenvalue weighted by molar-refractivity contribution is -0.134. The summed E-state index contributed by atoms with van der Waals surface area (Å²) in [5, 5.41) is 0. The minimum absolute atomic E-state index is 0.182. The van der Waals surface area contributed by atoms with Crippen LogP contribution in [0.3, 0.4) is 0 Å². The molecule has 16 heavy (non-hydrogen) atoms. The maximum atomic E-state index is 11.0. The average Bonchev–Trinajstić information content (AvgIpc) is 2.29. The third-order valence-electron chi connectivity index (χ3n) is 2.13. The topological polar surface area (TPSA) is 48.0 Å². The molecule has 0 amide bonds. The van der Waals surface area contributed by atoms with Crippen molar-refractivity contribution in [1.29, 1.82) is 0 Å². The lowest BCUT2D eigenvalue weighted by atomic mass is 10.3. The highest BCUT2D eigenvalue weighted by atomic mass is 16.5. The summed E-state index contributed by atoms with van der Waals surface area (Å²) in [6.07, 6.45) is 3.09. The number of hydrogen-bond donors (Lipinski definition) is 0. The van der Waals surface area contributed by atoms with E-state index < -0.39 is 0 Å². The van der Waals surface area contributed by atoms with Gasteiger partial charge in [0.1, 0.15) is 0 Å². The first kappa shape index (κ1) is 14.9. The lowest BCUT2D eigenvalue weighted by Crippen LogP contribution is -2.34. The molecule has 0 heterocycles. The Hall–Kier alpha value is -1.07. The van der Waals surface area contributed by atoms with Gasteiger partial charge in [-0.1, -0.05) is 0 Å². The van der Waals surface area contributed by atoms with E-state index in [-0.39, 0.29) is 12.0 Å². The molecule has 1 unspecified atom stereocenters. The molecule has 0 aromatic heterocycles. The molecule has 0 radical (unpaired) electrons. The molecule has 0 aliphatic heterocycles. The predicted molar refractivity (Wildman–Crippen MR) is 61.1 cm³/mol. The van der Waals surface area contributed by atoms with E-state index in [2.05, 4.69) is 4.74 Å². The second-order valence-electron chi connectivity index (χ2n) is 3.37. The largest absolute Gasteiger partial charge is 0.466 e. The van der Waals surface area contributed by atoms with E-state index in [1.54, 1.807) is 20.4 Å². The third-order valence-corrected chi connectivity index (χ3v) is 2.13. The number of methoxy groups -OCH3 is 3. The van der Waals surface area contributed by atoms with Crippen molar-refractivity contribution in [1.82, 2.24) is 4.90 Å². The van der Waals surface area contributed by atoms with E-state index in [0.29, 0.717) is 19.8 Å². The van der Waals surface area contributed by atoms with Gasteiger partial charge in [0.05, 0.1) is 20.3 Å². The zero-order chi connectivity index (χ0) is 12.4. The maximum Gasteiger partial charge on any atom is 0.331 e. The van der Waals surface area contributed by atoms with Crippen LogP contribution < -0.4 is 0 Å². The second-order valence-corrected chi connectivity index (χ2v) is 3.37. The number of carbonyl (C=O) groups is 1. The molecule has 0 bridgehead atoms. The average molecular weight is 231 g/mol.